The van der Waals surface area contributed by atoms with Crippen molar-refractivity contribution >= 4 is 50.2 Å². The SMILES string of the molecule is COC(=O)C[C@@H]1CN(S(=O)(=O)c2ccc3cc(Cl)ccc3c2)C[C@H](CC(=O)OC)N1C(=O)c1ccc(-c2ccncc2)cc1. The lowest BCUT2D eigenvalue weighted by molar-refractivity contribution is -0.143. The second-order valence-corrected chi connectivity index (χ2v) is 12.7. The van der Waals surface area contributed by atoms with Crippen LogP contribution in [0.5, 0.6) is 0 Å². The number of rotatable bonds is 8. The quantitative estimate of drug-likeness (QED) is 0.258. The van der Waals surface area contributed by atoms with Crippen LogP contribution in [0.3, 0.4) is 0 Å². The molecule has 5 rings (SSSR count). The molecule has 1 aliphatic rings. The maximum Gasteiger partial charge on any atom is 0.307 e. The third kappa shape index (κ3) is 6.59. The number of piperazine rings is 1. The van der Waals surface area contributed by atoms with Gasteiger partial charge in [-0.1, -0.05) is 35.9 Å². The lowest BCUT2D eigenvalue weighted by Crippen LogP contribution is -2.62. The minimum Gasteiger partial charge on any atom is -0.469 e. The number of benzene rings is 3. The first-order valence-corrected chi connectivity index (χ1v) is 15.6. The molecule has 2 heterocycles. The summed E-state index contributed by atoms with van der Waals surface area (Å²) >= 11 is 6.09. The molecule has 44 heavy (non-hydrogen) atoms. The van der Waals surface area contributed by atoms with Crippen LogP contribution < -0.4 is 0 Å². The molecule has 0 N–H and O–H groups in total. The van der Waals surface area contributed by atoms with Gasteiger partial charge in [-0.05, 0) is 70.4 Å². The number of fused-ring (bicyclic) bond motifs is 1. The van der Waals surface area contributed by atoms with E-state index < -0.39 is 40.0 Å². The van der Waals surface area contributed by atoms with Gasteiger partial charge in [-0.25, -0.2) is 8.42 Å². The van der Waals surface area contributed by atoms with Gasteiger partial charge < -0.3 is 14.4 Å². The molecule has 0 radical (unpaired) electrons. The molecule has 0 bridgehead atoms. The molecule has 2 atom stereocenters. The Morgan fingerprint density at radius 1 is 0.795 bits per heavy atom. The zero-order valence-electron chi connectivity index (χ0n) is 24.1. The predicted octanol–water partition coefficient (Wildman–Crippen LogP) is 4.57. The van der Waals surface area contributed by atoms with E-state index in [0.29, 0.717) is 16.0 Å². The summed E-state index contributed by atoms with van der Waals surface area (Å²) in [5.41, 5.74) is 2.11. The van der Waals surface area contributed by atoms with E-state index in [1.165, 1.54) is 29.5 Å². The summed E-state index contributed by atoms with van der Waals surface area (Å²) in [6.45, 7) is -0.372. The van der Waals surface area contributed by atoms with Gasteiger partial charge in [0.1, 0.15) is 0 Å². The largest absolute Gasteiger partial charge is 0.469 e. The van der Waals surface area contributed by atoms with Gasteiger partial charge in [0, 0.05) is 36.1 Å². The Balaban J connectivity index is 1.51. The van der Waals surface area contributed by atoms with E-state index in [9.17, 15) is 22.8 Å². The molecule has 1 amide bonds. The molecule has 228 valence electrons. The zero-order valence-corrected chi connectivity index (χ0v) is 25.6. The molecule has 0 saturated carbocycles. The van der Waals surface area contributed by atoms with E-state index in [2.05, 4.69) is 4.98 Å². The van der Waals surface area contributed by atoms with Crippen molar-refractivity contribution in [2.45, 2.75) is 29.8 Å². The molecule has 1 aliphatic heterocycles. The van der Waals surface area contributed by atoms with Crippen LogP contribution in [0.25, 0.3) is 21.9 Å². The number of methoxy groups -OCH3 is 2. The van der Waals surface area contributed by atoms with Gasteiger partial charge in [0.15, 0.2) is 0 Å². The number of halogens is 1. The van der Waals surface area contributed by atoms with Crippen LogP contribution >= 0.6 is 11.6 Å². The van der Waals surface area contributed by atoms with Crippen molar-refractivity contribution in [3.8, 4) is 11.1 Å². The third-order valence-corrected chi connectivity index (χ3v) is 9.73. The van der Waals surface area contributed by atoms with Crippen molar-refractivity contribution in [2.24, 2.45) is 0 Å². The molecular weight excluding hydrogens is 606 g/mol. The lowest BCUT2D eigenvalue weighted by Gasteiger charge is -2.45. The van der Waals surface area contributed by atoms with E-state index in [1.54, 1.807) is 67.0 Å². The standard InChI is InChI=1S/C32H30ClN3O7S/c1-42-30(37)17-27-19-35(44(40,41)29-10-8-24-15-26(33)9-7-25(24)16-29)20-28(18-31(38)43-2)36(27)32(39)23-5-3-21(4-6-23)22-11-13-34-14-12-22/h3-16,27-28H,17-20H2,1-2H3/t27-,28+. The molecule has 4 aromatic rings. The zero-order chi connectivity index (χ0) is 31.4. The van der Waals surface area contributed by atoms with Crippen LogP contribution in [0.1, 0.15) is 23.2 Å². The highest BCUT2D eigenvalue weighted by Gasteiger charge is 2.44. The third-order valence-electron chi connectivity index (χ3n) is 7.67. The number of aromatic nitrogens is 1. The van der Waals surface area contributed by atoms with Crippen LogP contribution in [0.2, 0.25) is 5.02 Å². The average molecular weight is 636 g/mol. The van der Waals surface area contributed by atoms with Gasteiger partial charge >= 0.3 is 11.9 Å². The van der Waals surface area contributed by atoms with Crippen molar-refractivity contribution in [3.05, 3.63) is 95.8 Å². The molecule has 12 heteroatoms. The second kappa shape index (κ2) is 13.1. The first-order chi connectivity index (χ1) is 21.1. The van der Waals surface area contributed by atoms with E-state index in [-0.39, 0.29) is 30.8 Å². The second-order valence-electron chi connectivity index (χ2n) is 10.4. The number of sulfonamides is 1. The lowest BCUT2D eigenvalue weighted by atomic mass is 9.99. The van der Waals surface area contributed by atoms with Crippen LogP contribution in [-0.4, -0.2) is 79.8 Å². The summed E-state index contributed by atoms with van der Waals surface area (Å²) in [4.78, 5) is 44.6. The van der Waals surface area contributed by atoms with Gasteiger partial charge in [0.2, 0.25) is 10.0 Å². The fourth-order valence-corrected chi connectivity index (χ4v) is 7.16. The van der Waals surface area contributed by atoms with Crippen LogP contribution in [0, 0.1) is 0 Å². The average Bonchev–Trinajstić information content (AvgIpc) is 3.04. The van der Waals surface area contributed by atoms with Gasteiger partial charge in [-0.15, -0.1) is 0 Å². The summed E-state index contributed by atoms with van der Waals surface area (Å²) in [6.07, 6.45) is 2.78. The summed E-state index contributed by atoms with van der Waals surface area (Å²) in [6, 6.07) is 18.6. The number of ether oxygens (including phenoxy) is 2. The number of carbonyl (C=O) groups is 3. The fourth-order valence-electron chi connectivity index (χ4n) is 5.43. The Bertz CT molecular complexity index is 1770. The summed E-state index contributed by atoms with van der Waals surface area (Å²) in [7, 11) is -1.67. The maximum absolute atomic E-state index is 14.0. The number of carbonyl (C=O) groups excluding carboxylic acids is 3. The van der Waals surface area contributed by atoms with Crippen molar-refractivity contribution in [1.82, 2.24) is 14.2 Å². The van der Waals surface area contributed by atoms with E-state index in [1.807, 2.05) is 12.1 Å². The maximum atomic E-state index is 14.0. The number of esters is 2. The minimum absolute atomic E-state index is 0.0347. The van der Waals surface area contributed by atoms with Crippen molar-refractivity contribution < 1.29 is 32.3 Å². The van der Waals surface area contributed by atoms with Gasteiger partial charge in [-0.3, -0.25) is 19.4 Å². The topological polar surface area (TPSA) is 123 Å². The van der Waals surface area contributed by atoms with Gasteiger partial charge in [0.25, 0.3) is 5.91 Å². The first kappa shape index (κ1) is 31.1. The van der Waals surface area contributed by atoms with Crippen LogP contribution in [-0.2, 0) is 29.1 Å². The molecule has 0 unspecified atom stereocenters. The summed E-state index contributed by atoms with van der Waals surface area (Å²) in [5, 5.41) is 1.97. The molecule has 3 aromatic carbocycles. The Hall–Kier alpha value is -4.32. The normalized spacial score (nSPS) is 17.3. The summed E-state index contributed by atoms with van der Waals surface area (Å²) < 4.78 is 39.0. The highest BCUT2D eigenvalue weighted by atomic mass is 35.5. The van der Waals surface area contributed by atoms with Crippen LogP contribution in [0.15, 0.2) is 90.1 Å². The Morgan fingerprint density at radius 2 is 1.34 bits per heavy atom. The highest BCUT2D eigenvalue weighted by Crippen LogP contribution is 2.31. The molecule has 10 nitrogen and oxygen atoms in total. The number of pyridine rings is 1. The Morgan fingerprint density at radius 3 is 1.93 bits per heavy atom. The number of hydrogen-bond acceptors (Lipinski definition) is 8. The van der Waals surface area contributed by atoms with Gasteiger partial charge in [0.05, 0.1) is 44.0 Å². The van der Waals surface area contributed by atoms with E-state index >= 15 is 0 Å². The van der Waals surface area contributed by atoms with Crippen molar-refractivity contribution in [3.63, 3.8) is 0 Å². The van der Waals surface area contributed by atoms with Gasteiger partial charge in [-0.2, -0.15) is 4.31 Å². The molecule has 0 aliphatic carbocycles. The smallest absolute Gasteiger partial charge is 0.307 e. The Kier molecular flexibility index (Phi) is 9.28. The first-order valence-electron chi connectivity index (χ1n) is 13.8. The molecular formula is C32H30ClN3O7S. The number of amides is 1. The number of hydrogen-bond donors (Lipinski definition) is 0. The van der Waals surface area contributed by atoms with Crippen molar-refractivity contribution in [2.75, 3.05) is 27.3 Å². The molecule has 1 fully saturated rings. The van der Waals surface area contributed by atoms with E-state index in [4.69, 9.17) is 21.1 Å². The summed E-state index contributed by atoms with van der Waals surface area (Å²) in [5.74, 6) is -1.70. The monoisotopic (exact) mass is 635 g/mol. The molecule has 1 aromatic heterocycles. The highest BCUT2D eigenvalue weighted by molar-refractivity contribution is 7.89. The predicted molar refractivity (Wildman–Crippen MR) is 164 cm³/mol. The fraction of sp³-hybridized carbons (Fsp3) is 0.250. The molecule has 1 saturated heterocycles. The minimum atomic E-state index is -4.11. The number of nitrogens with zero attached hydrogens (tertiary/aromatic N) is 3. The van der Waals surface area contributed by atoms with E-state index in [0.717, 1.165) is 16.5 Å². The molecule has 0 spiro atoms. The Labute approximate surface area is 260 Å². The van der Waals surface area contributed by atoms with Crippen LogP contribution in [0.4, 0.5) is 0 Å². The van der Waals surface area contributed by atoms with Crippen molar-refractivity contribution in [1.29, 1.82) is 0 Å².